The largest absolute Gasteiger partial charge is 0.493 e. The summed E-state index contributed by atoms with van der Waals surface area (Å²) in [6, 6.07) is 15.5. The minimum absolute atomic E-state index is 0.0228. The number of ether oxygens (including phenoxy) is 1. The molecule has 0 saturated carbocycles. The summed E-state index contributed by atoms with van der Waals surface area (Å²) in [5.74, 6) is -0.0399. The summed E-state index contributed by atoms with van der Waals surface area (Å²) in [7, 11) is -2.83. The fraction of sp³-hybridized carbons (Fsp3) is 0.240. The van der Waals surface area contributed by atoms with Crippen LogP contribution in [-0.2, 0) is 16.7 Å². The lowest BCUT2D eigenvalue weighted by Gasteiger charge is -2.29. The topological polar surface area (TPSA) is 72.9 Å². The summed E-state index contributed by atoms with van der Waals surface area (Å²) in [5.41, 5.74) is 1.03. The summed E-state index contributed by atoms with van der Waals surface area (Å²) in [5, 5.41) is 0.662. The van der Waals surface area contributed by atoms with Crippen LogP contribution >= 0.6 is 34.8 Å². The zero-order valence-corrected chi connectivity index (χ0v) is 22.4. The second kappa shape index (κ2) is 11.5. The van der Waals surface area contributed by atoms with Gasteiger partial charge in [0.1, 0.15) is 4.90 Å². The molecule has 6 nitrogen and oxygen atoms in total. The van der Waals surface area contributed by atoms with E-state index in [9.17, 15) is 13.2 Å². The van der Waals surface area contributed by atoms with Gasteiger partial charge >= 0.3 is 10.1 Å². The summed E-state index contributed by atoms with van der Waals surface area (Å²) in [6.45, 7) is 4.11. The van der Waals surface area contributed by atoms with Crippen LogP contribution in [0.25, 0.3) is 0 Å². The van der Waals surface area contributed by atoms with Crippen molar-refractivity contribution in [2.45, 2.75) is 37.8 Å². The number of methoxy groups -OCH3 is 1. The summed E-state index contributed by atoms with van der Waals surface area (Å²) < 4.78 is 36.5. The van der Waals surface area contributed by atoms with Gasteiger partial charge in [-0.15, -0.1) is 0 Å². The molecule has 3 rings (SSSR count). The number of hydrogen-bond donors (Lipinski definition) is 0. The molecule has 0 aliphatic heterocycles. The van der Waals surface area contributed by atoms with Gasteiger partial charge in [0.25, 0.3) is 5.91 Å². The van der Waals surface area contributed by atoms with E-state index in [1.165, 1.54) is 31.4 Å². The Balaban J connectivity index is 1.94. The molecule has 0 aliphatic carbocycles. The number of amides is 1. The predicted octanol–water partition coefficient (Wildman–Crippen LogP) is 6.86. The molecule has 186 valence electrons. The van der Waals surface area contributed by atoms with Crippen molar-refractivity contribution in [2.75, 3.05) is 7.11 Å². The monoisotopic (exact) mass is 555 g/mol. The van der Waals surface area contributed by atoms with E-state index in [4.69, 9.17) is 43.7 Å². The van der Waals surface area contributed by atoms with Crippen LogP contribution in [-0.4, -0.2) is 32.4 Å². The van der Waals surface area contributed by atoms with E-state index in [1.807, 2.05) is 13.8 Å². The Morgan fingerprint density at radius 2 is 1.66 bits per heavy atom. The first-order valence-electron chi connectivity index (χ1n) is 10.7. The predicted molar refractivity (Wildman–Crippen MR) is 138 cm³/mol. The molecular weight excluding hydrogens is 533 g/mol. The zero-order valence-electron chi connectivity index (χ0n) is 19.3. The molecule has 0 heterocycles. The molecule has 0 aliphatic rings. The van der Waals surface area contributed by atoms with Crippen LogP contribution in [0, 0.1) is 0 Å². The smallest absolute Gasteiger partial charge is 0.339 e. The Labute approximate surface area is 220 Å². The molecule has 0 spiro atoms. The standard InChI is InChI=1S/C25H24Cl3NO5S/c1-4-16(2)29(25(30)19-7-5-6-8-20(19)26)15-17-9-12-23(33-3)24(13-17)34-35(31,32)18-10-11-21(27)22(28)14-18/h5-14,16H,4,15H2,1-3H3/t16-/m0/s1. The average Bonchev–Trinajstić information content (AvgIpc) is 2.83. The van der Waals surface area contributed by atoms with Gasteiger partial charge in [-0.1, -0.05) is 59.9 Å². The quantitative estimate of drug-likeness (QED) is 0.269. The number of nitrogens with zero attached hydrogens (tertiary/aromatic N) is 1. The third-order valence-electron chi connectivity index (χ3n) is 5.45. The van der Waals surface area contributed by atoms with Gasteiger partial charge in [-0.25, -0.2) is 0 Å². The van der Waals surface area contributed by atoms with Crippen LogP contribution in [0.1, 0.15) is 36.2 Å². The average molecular weight is 557 g/mol. The minimum atomic E-state index is -4.24. The molecule has 0 fully saturated rings. The van der Waals surface area contributed by atoms with Crippen LogP contribution < -0.4 is 8.92 Å². The first-order valence-corrected chi connectivity index (χ1v) is 13.2. The molecular formula is C25H24Cl3NO5S. The van der Waals surface area contributed by atoms with E-state index in [2.05, 4.69) is 0 Å². The molecule has 1 atom stereocenters. The van der Waals surface area contributed by atoms with Gasteiger partial charge in [0.15, 0.2) is 11.5 Å². The number of benzene rings is 3. The van der Waals surface area contributed by atoms with Crippen molar-refractivity contribution in [3.63, 3.8) is 0 Å². The van der Waals surface area contributed by atoms with Crippen molar-refractivity contribution in [1.82, 2.24) is 4.90 Å². The zero-order chi connectivity index (χ0) is 25.8. The highest BCUT2D eigenvalue weighted by atomic mass is 35.5. The number of halogens is 3. The summed E-state index contributed by atoms with van der Waals surface area (Å²) in [4.78, 5) is 14.8. The molecule has 10 heteroatoms. The summed E-state index contributed by atoms with van der Waals surface area (Å²) >= 11 is 18.1. The molecule has 35 heavy (non-hydrogen) atoms. The number of rotatable bonds is 9. The van der Waals surface area contributed by atoms with Crippen molar-refractivity contribution in [3.05, 3.63) is 86.9 Å². The summed E-state index contributed by atoms with van der Waals surface area (Å²) in [6.07, 6.45) is 0.710. The number of carbonyl (C=O) groups is 1. The Kier molecular flexibility index (Phi) is 8.94. The molecule has 0 saturated heterocycles. The second-order valence-corrected chi connectivity index (χ2v) is 10.5. The van der Waals surface area contributed by atoms with Crippen LogP contribution in [0.4, 0.5) is 0 Å². The van der Waals surface area contributed by atoms with Crippen molar-refractivity contribution in [3.8, 4) is 11.5 Å². The number of hydrogen-bond acceptors (Lipinski definition) is 5. The van der Waals surface area contributed by atoms with Crippen LogP contribution in [0.2, 0.25) is 15.1 Å². The normalized spacial score (nSPS) is 12.2. The fourth-order valence-electron chi connectivity index (χ4n) is 3.32. The van der Waals surface area contributed by atoms with Gasteiger partial charge in [0, 0.05) is 12.6 Å². The first-order chi connectivity index (χ1) is 16.6. The van der Waals surface area contributed by atoms with Crippen molar-refractivity contribution < 1.29 is 22.1 Å². The Hall–Kier alpha value is -2.45. The van der Waals surface area contributed by atoms with Crippen molar-refractivity contribution >= 4 is 50.8 Å². The van der Waals surface area contributed by atoms with Gasteiger partial charge in [0.05, 0.1) is 27.7 Å². The molecule has 0 unspecified atom stereocenters. The van der Waals surface area contributed by atoms with Gasteiger partial charge in [-0.2, -0.15) is 8.42 Å². The van der Waals surface area contributed by atoms with Gasteiger partial charge in [0.2, 0.25) is 0 Å². The minimum Gasteiger partial charge on any atom is -0.493 e. The molecule has 0 N–H and O–H groups in total. The Morgan fingerprint density at radius 1 is 0.943 bits per heavy atom. The lowest BCUT2D eigenvalue weighted by Crippen LogP contribution is -2.38. The fourth-order valence-corrected chi connectivity index (χ4v) is 4.86. The molecule has 3 aromatic rings. The third-order valence-corrected chi connectivity index (χ3v) is 7.75. The van der Waals surface area contributed by atoms with Crippen LogP contribution in [0.15, 0.2) is 65.6 Å². The van der Waals surface area contributed by atoms with E-state index < -0.39 is 10.1 Å². The first kappa shape index (κ1) is 27.1. The van der Waals surface area contributed by atoms with E-state index in [1.54, 1.807) is 41.3 Å². The molecule has 3 aromatic carbocycles. The van der Waals surface area contributed by atoms with E-state index >= 15 is 0 Å². The molecule has 0 radical (unpaired) electrons. The lowest BCUT2D eigenvalue weighted by atomic mass is 10.1. The highest BCUT2D eigenvalue weighted by Gasteiger charge is 2.25. The Bertz CT molecular complexity index is 1330. The Morgan fingerprint density at radius 3 is 2.29 bits per heavy atom. The molecule has 0 bridgehead atoms. The second-order valence-electron chi connectivity index (χ2n) is 7.77. The van der Waals surface area contributed by atoms with Crippen molar-refractivity contribution in [2.24, 2.45) is 0 Å². The highest BCUT2D eigenvalue weighted by molar-refractivity contribution is 7.87. The SMILES string of the molecule is CC[C@H](C)N(Cc1ccc(OC)c(OS(=O)(=O)c2ccc(Cl)c(Cl)c2)c1)C(=O)c1ccccc1Cl. The van der Waals surface area contributed by atoms with E-state index in [-0.39, 0.29) is 44.9 Å². The maximum atomic E-state index is 13.3. The maximum Gasteiger partial charge on any atom is 0.339 e. The maximum absolute atomic E-state index is 13.3. The van der Waals surface area contributed by atoms with Crippen LogP contribution in [0.3, 0.4) is 0 Å². The van der Waals surface area contributed by atoms with Crippen LogP contribution in [0.5, 0.6) is 11.5 Å². The lowest BCUT2D eigenvalue weighted by molar-refractivity contribution is 0.0671. The molecule has 0 aromatic heterocycles. The third kappa shape index (κ3) is 6.41. The van der Waals surface area contributed by atoms with Gasteiger partial charge < -0.3 is 13.8 Å². The number of carbonyl (C=O) groups excluding carboxylic acids is 1. The van der Waals surface area contributed by atoms with E-state index in [0.29, 0.717) is 22.6 Å². The highest BCUT2D eigenvalue weighted by Crippen LogP contribution is 2.33. The van der Waals surface area contributed by atoms with Crippen molar-refractivity contribution in [1.29, 1.82) is 0 Å². The van der Waals surface area contributed by atoms with Gasteiger partial charge in [-0.3, -0.25) is 4.79 Å². The molecule has 1 amide bonds. The van der Waals surface area contributed by atoms with Gasteiger partial charge in [-0.05, 0) is 61.4 Å². The van der Waals surface area contributed by atoms with E-state index in [0.717, 1.165) is 0 Å².